The zero-order valence-corrected chi connectivity index (χ0v) is 16.3. The molecule has 1 heterocycles. The lowest BCUT2D eigenvalue weighted by Crippen LogP contribution is -2.43. The van der Waals surface area contributed by atoms with Gasteiger partial charge < -0.3 is 5.32 Å². The summed E-state index contributed by atoms with van der Waals surface area (Å²) >= 11 is 6.00. The summed E-state index contributed by atoms with van der Waals surface area (Å²) in [6.45, 7) is 4.10. The standard InChI is InChI=1S/C19H21ClN2O3S/c1-13-5-9-16(10-6-13)26(24,25)22-11-3-4-18(22)19(23)21-17-12-15(20)8-7-14(17)2/h5-10,12,18H,3-4,11H2,1-2H3,(H,21,23). The van der Waals surface area contributed by atoms with E-state index in [2.05, 4.69) is 5.32 Å². The van der Waals surface area contributed by atoms with Gasteiger partial charge in [-0.05, 0) is 56.5 Å². The SMILES string of the molecule is Cc1ccc(S(=O)(=O)N2CCCC2C(=O)Nc2cc(Cl)ccc2C)cc1. The van der Waals surface area contributed by atoms with E-state index in [1.165, 1.54) is 4.31 Å². The van der Waals surface area contributed by atoms with Crippen LogP contribution in [0.15, 0.2) is 47.4 Å². The van der Waals surface area contributed by atoms with Crippen molar-refractivity contribution in [1.29, 1.82) is 0 Å². The summed E-state index contributed by atoms with van der Waals surface area (Å²) in [5.74, 6) is -0.330. The summed E-state index contributed by atoms with van der Waals surface area (Å²) in [5.41, 5.74) is 2.45. The van der Waals surface area contributed by atoms with Gasteiger partial charge in [0.1, 0.15) is 6.04 Å². The third-order valence-electron chi connectivity index (χ3n) is 4.59. The molecule has 1 unspecified atom stereocenters. The highest BCUT2D eigenvalue weighted by molar-refractivity contribution is 7.89. The van der Waals surface area contributed by atoms with Gasteiger partial charge in [-0.3, -0.25) is 4.79 Å². The summed E-state index contributed by atoms with van der Waals surface area (Å²) in [7, 11) is -3.71. The summed E-state index contributed by atoms with van der Waals surface area (Å²) in [5, 5.41) is 3.34. The van der Waals surface area contributed by atoms with Crippen molar-refractivity contribution in [2.75, 3.05) is 11.9 Å². The van der Waals surface area contributed by atoms with Crippen LogP contribution in [-0.4, -0.2) is 31.2 Å². The quantitative estimate of drug-likeness (QED) is 0.861. The molecule has 138 valence electrons. The Kier molecular flexibility index (Phi) is 5.37. The highest BCUT2D eigenvalue weighted by Gasteiger charge is 2.39. The molecule has 0 spiro atoms. The first-order valence-corrected chi connectivity index (χ1v) is 10.3. The van der Waals surface area contributed by atoms with Crippen LogP contribution in [0, 0.1) is 13.8 Å². The minimum atomic E-state index is -3.71. The second kappa shape index (κ2) is 7.39. The van der Waals surface area contributed by atoms with Crippen LogP contribution in [0.5, 0.6) is 0 Å². The van der Waals surface area contributed by atoms with Gasteiger partial charge in [0.05, 0.1) is 4.90 Å². The van der Waals surface area contributed by atoms with E-state index in [0.29, 0.717) is 30.1 Å². The topological polar surface area (TPSA) is 66.5 Å². The fourth-order valence-electron chi connectivity index (χ4n) is 3.08. The highest BCUT2D eigenvalue weighted by Crippen LogP contribution is 2.28. The minimum Gasteiger partial charge on any atom is -0.324 e. The lowest BCUT2D eigenvalue weighted by atomic mass is 10.1. The van der Waals surface area contributed by atoms with Gasteiger partial charge in [0.2, 0.25) is 15.9 Å². The Bertz CT molecular complexity index is 926. The van der Waals surface area contributed by atoms with E-state index in [4.69, 9.17) is 11.6 Å². The summed E-state index contributed by atoms with van der Waals surface area (Å²) in [4.78, 5) is 13.0. The lowest BCUT2D eigenvalue weighted by molar-refractivity contribution is -0.119. The maximum Gasteiger partial charge on any atom is 0.243 e. The Morgan fingerprint density at radius 1 is 1.15 bits per heavy atom. The third kappa shape index (κ3) is 3.77. The number of aryl methyl sites for hydroxylation is 2. The molecule has 5 nitrogen and oxygen atoms in total. The number of hydrogen-bond donors (Lipinski definition) is 1. The fourth-order valence-corrected chi connectivity index (χ4v) is 4.91. The highest BCUT2D eigenvalue weighted by atomic mass is 35.5. The molecule has 7 heteroatoms. The number of anilines is 1. The first kappa shape index (κ1) is 18.9. The van der Waals surface area contributed by atoms with Crippen molar-refractivity contribution >= 4 is 33.2 Å². The van der Waals surface area contributed by atoms with Crippen molar-refractivity contribution in [2.45, 2.75) is 37.6 Å². The molecule has 0 saturated carbocycles. The lowest BCUT2D eigenvalue weighted by Gasteiger charge is -2.24. The summed E-state index contributed by atoms with van der Waals surface area (Å²) in [6, 6.07) is 11.2. The van der Waals surface area contributed by atoms with Crippen molar-refractivity contribution in [3.63, 3.8) is 0 Å². The molecular weight excluding hydrogens is 372 g/mol. The monoisotopic (exact) mass is 392 g/mol. The molecule has 0 aromatic heterocycles. The zero-order valence-electron chi connectivity index (χ0n) is 14.7. The van der Waals surface area contributed by atoms with Crippen LogP contribution < -0.4 is 5.32 Å². The summed E-state index contributed by atoms with van der Waals surface area (Å²) < 4.78 is 27.2. The number of nitrogens with one attached hydrogen (secondary N) is 1. The van der Waals surface area contributed by atoms with Gasteiger partial charge in [0.25, 0.3) is 0 Å². The van der Waals surface area contributed by atoms with Crippen molar-refractivity contribution < 1.29 is 13.2 Å². The number of nitrogens with zero attached hydrogens (tertiary/aromatic N) is 1. The molecule has 1 saturated heterocycles. The number of hydrogen-bond acceptors (Lipinski definition) is 3. The Morgan fingerprint density at radius 3 is 2.54 bits per heavy atom. The first-order chi connectivity index (χ1) is 12.3. The van der Waals surface area contributed by atoms with Gasteiger partial charge in [-0.15, -0.1) is 0 Å². The van der Waals surface area contributed by atoms with E-state index in [9.17, 15) is 13.2 Å². The number of carbonyl (C=O) groups excluding carboxylic acids is 1. The van der Waals surface area contributed by atoms with E-state index in [0.717, 1.165) is 11.1 Å². The Hall–Kier alpha value is -1.89. The number of sulfonamides is 1. The van der Waals surface area contributed by atoms with Crippen LogP contribution in [0.25, 0.3) is 0 Å². The average Bonchev–Trinajstić information content (AvgIpc) is 3.09. The van der Waals surface area contributed by atoms with Gasteiger partial charge in [-0.25, -0.2) is 8.42 Å². The van der Waals surface area contributed by atoms with Gasteiger partial charge in [-0.1, -0.05) is 35.4 Å². The maximum absolute atomic E-state index is 13.0. The molecule has 2 aromatic carbocycles. The van der Waals surface area contributed by atoms with Crippen molar-refractivity contribution in [2.24, 2.45) is 0 Å². The Labute approximate surface area is 159 Å². The van der Waals surface area contributed by atoms with E-state index in [-0.39, 0.29) is 10.8 Å². The molecule has 1 atom stereocenters. The minimum absolute atomic E-state index is 0.210. The summed E-state index contributed by atoms with van der Waals surface area (Å²) in [6.07, 6.45) is 1.15. The van der Waals surface area contributed by atoms with Gasteiger partial charge in [-0.2, -0.15) is 4.31 Å². The Balaban J connectivity index is 1.84. The molecule has 1 N–H and O–H groups in total. The van der Waals surface area contributed by atoms with Crippen LogP contribution in [-0.2, 0) is 14.8 Å². The van der Waals surface area contributed by atoms with Crippen LogP contribution in [0.2, 0.25) is 5.02 Å². The van der Waals surface area contributed by atoms with Gasteiger partial charge in [0, 0.05) is 17.3 Å². The molecule has 1 aliphatic heterocycles. The van der Waals surface area contributed by atoms with Crippen molar-refractivity contribution in [1.82, 2.24) is 4.31 Å². The molecule has 0 bridgehead atoms. The van der Waals surface area contributed by atoms with E-state index in [1.807, 2.05) is 19.9 Å². The number of carbonyl (C=O) groups is 1. The molecular formula is C19H21ClN2O3S. The van der Waals surface area contributed by atoms with E-state index < -0.39 is 16.1 Å². The van der Waals surface area contributed by atoms with Crippen LogP contribution in [0.3, 0.4) is 0 Å². The second-order valence-corrected chi connectivity index (χ2v) is 8.86. The number of rotatable bonds is 4. The predicted octanol–water partition coefficient (Wildman–Crippen LogP) is 3.75. The molecule has 0 radical (unpaired) electrons. The molecule has 2 aromatic rings. The zero-order chi connectivity index (χ0) is 18.9. The number of halogens is 1. The van der Waals surface area contributed by atoms with Gasteiger partial charge in [0.15, 0.2) is 0 Å². The number of benzene rings is 2. The third-order valence-corrected chi connectivity index (χ3v) is 6.75. The van der Waals surface area contributed by atoms with Crippen molar-refractivity contribution in [3.05, 3.63) is 58.6 Å². The normalized spacial score (nSPS) is 18.0. The molecule has 1 aliphatic rings. The van der Waals surface area contributed by atoms with Crippen LogP contribution in [0.4, 0.5) is 5.69 Å². The van der Waals surface area contributed by atoms with Crippen LogP contribution in [0.1, 0.15) is 24.0 Å². The molecule has 0 aliphatic carbocycles. The van der Waals surface area contributed by atoms with E-state index >= 15 is 0 Å². The maximum atomic E-state index is 13.0. The smallest absolute Gasteiger partial charge is 0.243 e. The molecule has 26 heavy (non-hydrogen) atoms. The largest absolute Gasteiger partial charge is 0.324 e. The van der Waals surface area contributed by atoms with Crippen molar-refractivity contribution in [3.8, 4) is 0 Å². The molecule has 3 rings (SSSR count). The Morgan fingerprint density at radius 2 is 1.85 bits per heavy atom. The van der Waals surface area contributed by atoms with E-state index in [1.54, 1.807) is 36.4 Å². The van der Waals surface area contributed by atoms with Crippen LogP contribution >= 0.6 is 11.6 Å². The fraction of sp³-hybridized carbons (Fsp3) is 0.316. The molecule has 1 amide bonds. The first-order valence-electron chi connectivity index (χ1n) is 8.44. The predicted molar refractivity (Wildman–Crippen MR) is 103 cm³/mol. The van der Waals surface area contributed by atoms with Gasteiger partial charge >= 0.3 is 0 Å². The number of amides is 1. The molecule has 1 fully saturated rings. The average molecular weight is 393 g/mol. The second-order valence-electron chi connectivity index (χ2n) is 6.54.